The molecule has 0 aliphatic heterocycles. The molecule has 0 bridgehead atoms. The van der Waals surface area contributed by atoms with E-state index >= 15 is 0 Å². The number of aliphatic imine (C=N–C) groups is 1. The third-order valence-corrected chi connectivity index (χ3v) is 14.2. The number of aromatic nitrogens is 2. The lowest BCUT2D eigenvalue weighted by atomic mass is 9.92. The zero-order valence-corrected chi connectivity index (χ0v) is 49.5. The summed E-state index contributed by atoms with van der Waals surface area (Å²) in [6.45, 7) is 8.77. The van der Waals surface area contributed by atoms with Crippen molar-refractivity contribution in [2.75, 3.05) is 0 Å². The van der Waals surface area contributed by atoms with Gasteiger partial charge in [0.05, 0.1) is 22.8 Å². The molecule has 2 unspecified atom stereocenters. The lowest BCUT2D eigenvalue weighted by Crippen LogP contribution is -2.22. The maximum Gasteiger partial charge on any atom is 0.338 e. The summed E-state index contributed by atoms with van der Waals surface area (Å²) in [5, 5.41) is 3.21. The Morgan fingerprint density at radius 2 is 0.875 bits per heavy atom. The summed E-state index contributed by atoms with van der Waals surface area (Å²) in [6, 6.07) is 57.7. The zero-order chi connectivity index (χ0) is 58.0. The third-order valence-electron chi connectivity index (χ3n) is 12.5. The van der Waals surface area contributed by atoms with Crippen molar-refractivity contribution in [3.05, 3.63) is 273 Å². The fourth-order valence-corrected chi connectivity index (χ4v) is 9.39. The zero-order valence-electron chi connectivity index (χ0n) is 44.1. The van der Waals surface area contributed by atoms with E-state index < -0.39 is 0 Å². The quantitative estimate of drug-likeness (QED) is 0.0607. The van der Waals surface area contributed by atoms with Crippen LogP contribution in [-0.2, 0) is 17.6 Å². The molecule has 0 saturated heterocycles. The normalized spacial score (nSPS) is 11.2. The summed E-state index contributed by atoms with van der Waals surface area (Å²) >= 11 is 32.8. The predicted octanol–water partition coefficient (Wildman–Crippen LogP) is 18.2. The van der Waals surface area contributed by atoms with Crippen molar-refractivity contribution < 1.29 is 24.0 Å². The summed E-state index contributed by atoms with van der Waals surface area (Å²) < 4.78 is 4.21. The molecule has 9 nitrogen and oxygen atoms in total. The van der Waals surface area contributed by atoms with Crippen molar-refractivity contribution in [3.63, 3.8) is 0 Å². The molecule has 0 radical (unpaired) electrons. The minimum Gasteiger partial charge on any atom is -0.295 e. The van der Waals surface area contributed by atoms with E-state index in [1.807, 2.05) is 112 Å². The molecule has 80 heavy (non-hydrogen) atoms. The van der Waals surface area contributed by atoms with Crippen LogP contribution >= 0.6 is 73.9 Å². The lowest BCUT2D eigenvalue weighted by Gasteiger charge is -2.11. The standard InChI is InChI=1S/C24H18Cl2N2O2.C18H17ClO2.C16H14BrClO.C7H4ClNO/c1-15-23(18-5-3-4-17(14-18)16(2)29)28(22-12-8-20(26)9-13-22)24(30)27(15)21-10-6-19(25)7-11-21;1-12(10-14-6-8-17(19)9-7-14)18(21)16-5-3-4-15(11-16)13(2)20;1-11(9-12-5-7-15(18)8-6-12)16(19)13-3-2-4-14(17)10-13;8-6-1-3-7(4-2-6)9-5-10/h3-14H,1-2H3;3-9,11-12H,10H2,1-2H3;2-8,10-11H,9H2,1H3;1-4H. The first kappa shape index (κ1) is 62.0. The number of carbonyl (C=O) groups is 4. The number of hydrogen-bond acceptors (Lipinski definition) is 7. The number of isocyanates is 1. The monoisotopic (exact) mass is 1230 g/mol. The maximum atomic E-state index is 13.6. The summed E-state index contributed by atoms with van der Waals surface area (Å²) in [5.74, 6) is -0.0461. The Bertz CT molecular complexity index is 3720. The smallest absolute Gasteiger partial charge is 0.295 e. The number of halogens is 6. The molecule has 0 N–H and O–H groups in total. The number of rotatable bonds is 14. The van der Waals surface area contributed by atoms with Crippen molar-refractivity contribution in [1.82, 2.24) is 9.13 Å². The van der Waals surface area contributed by atoms with Crippen molar-refractivity contribution >= 4 is 109 Å². The number of nitrogens with zero attached hydrogens (tertiary/aromatic N) is 3. The highest BCUT2D eigenvalue weighted by Gasteiger charge is 2.22. The number of benzene rings is 8. The van der Waals surface area contributed by atoms with Crippen molar-refractivity contribution in [2.45, 2.75) is 47.5 Å². The number of ketones is 4. The maximum absolute atomic E-state index is 13.6. The first-order valence-electron chi connectivity index (χ1n) is 25.0. The van der Waals surface area contributed by atoms with Gasteiger partial charge in [0.1, 0.15) is 0 Å². The predicted molar refractivity (Wildman–Crippen MR) is 329 cm³/mol. The van der Waals surface area contributed by atoms with Crippen LogP contribution < -0.4 is 5.69 Å². The van der Waals surface area contributed by atoms with Gasteiger partial charge in [0.2, 0.25) is 6.08 Å². The van der Waals surface area contributed by atoms with Gasteiger partial charge in [-0.05, 0) is 166 Å². The molecule has 9 aromatic rings. The van der Waals surface area contributed by atoms with Crippen LogP contribution in [-0.4, -0.2) is 38.3 Å². The molecule has 0 saturated carbocycles. The van der Waals surface area contributed by atoms with Gasteiger partial charge in [-0.3, -0.25) is 28.3 Å². The fraction of sp³-hybridized carbons (Fsp3) is 0.138. The van der Waals surface area contributed by atoms with Crippen molar-refractivity contribution in [2.24, 2.45) is 16.8 Å². The first-order chi connectivity index (χ1) is 38.2. The molecule has 0 fully saturated rings. The van der Waals surface area contributed by atoms with Crippen LogP contribution in [0.15, 0.2) is 208 Å². The molecule has 15 heteroatoms. The van der Waals surface area contributed by atoms with Gasteiger partial charge in [-0.15, -0.1) is 0 Å². The molecule has 0 aliphatic rings. The lowest BCUT2D eigenvalue weighted by molar-refractivity contribution is 0.0922. The number of carbonyl (C=O) groups excluding carboxylic acids is 5. The third kappa shape index (κ3) is 17.6. The summed E-state index contributed by atoms with van der Waals surface area (Å²) in [7, 11) is 0. The Hall–Kier alpha value is -7.24. The van der Waals surface area contributed by atoms with Crippen LogP contribution in [0.25, 0.3) is 22.6 Å². The van der Waals surface area contributed by atoms with E-state index in [0.29, 0.717) is 66.0 Å². The molecular formula is C65H53BrCl5N3O6. The molecule has 1 aromatic heterocycles. The molecular weight excluding hydrogens is 1180 g/mol. The first-order valence-corrected chi connectivity index (χ1v) is 27.7. The van der Waals surface area contributed by atoms with Gasteiger partial charge < -0.3 is 0 Å². The van der Waals surface area contributed by atoms with Crippen LogP contribution in [0.1, 0.15) is 85.9 Å². The van der Waals surface area contributed by atoms with Gasteiger partial charge in [0.25, 0.3) is 0 Å². The van der Waals surface area contributed by atoms with Crippen LogP contribution in [0.3, 0.4) is 0 Å². The van der Waals surface area contributed by atoms with Crippen LogP contribution in [0.4, 0.5) is 5.69 Å². The van der Waals surface area contributed by atoms with E-state index in [1.165, 1.54) is 19.9 Å². The van der Waals surface area contributed by atoms with Gasteiger partial charge >= 0.3 is 5.69 Å². The van der Waals surface area contributed by atoms with Gasteiger partial charge in [-0.1, -0.05) is 161 Å². The van der Waals surface area contributed by atoms with E-state index in [-0.39, 0.29) is 40.7 Å². The van der Waals surface area contributed by atoms with Crippen molar-refractivity contribution in [3.8, 4) is 22.6 Å². The Morgan fingerprint density at radius 1 is 0.500 bits per heavy atom. The van der Waals surface area contributed by atoms with E-state index in [2.05, 4.69) is 20.9 Å². The van der Waals surface area contributed by atoms with Gasteiger partial charge in [0, 0.05) is 74.9 Å². The van der Waals surface area contributed by atoms with Gasteiger partial charge in [-0.25, -0.2) is 9.59 Å². The number of imidazole rings is 1. The van der Waals surface area contributed by atoms with E-state index in [9.17, 15) is 28.8 Å². The van der Waals surface area contributed by atoms with E-state index in [4.69, 9.17) is 58.0 Å². The second-order valence-corrected chi connectivity index (χ2v) is 21.6. The Morgan fingerprint density at radius 3 is 1.31 bits per heavy atom. The minimum absolute atomic E-state index is 0.0324. The highest BCUT2D eigenvalue weighted by Crippen LogP contribution is 2.30. The summed E-state index contributed by atoms with van der Waals surface area (Å²) in [6.07, 6.45) is 2.81. The summed E-state index contributed by atoms with van der Waals surface area (Å²) in [5.41, 5.74) is 8.66. The molecule has 0 amide bonds. The van der Waals surface area contributed by atoms with Crippen molar-refractivity contribution in [1.29, 1.82) is 0 Å². The SMILES string of the molecule is CC(=O)c1cccc(-c2c(C)n(-c3ccc(Cl)cc3)c(=O)n2-c2ccc(Cl)cc2)c1.CC(=O)c1cccc(C(=O)C(C)Cc2ccc(Cl)cc2)c1.CC(Cc1ccc(Cl)cc1)C(=O)c1cccc(Br)c1.O=C=Nc1ccc(Cl)cc1. The minimum atomic E-state index is -0.222. The molecule has 0 aliphatic carbocycles. The van der Waals surface area contributed by atoms with E-state index in [1.54, 1.807) is 112 Å². The average Bonchev–Trinajstić information content (AvgIpc) is 3.75. The largest absolute Gasteiger partial charge is 0.338 e. The second-order valence-electron chi connectivity index (χ2n) is 18.5. The Labute approximate surface area is 498 Å². The molecule has 8 aromatic carbocycles. The van der Waals surface area contributed by atoms with Crippen LogP contribution in [0.2, 0.25) is 25.1 Å². The number of hydrogen-bond donors (Lipinski definition) is 0. The average molecular weight is 1230 g/mol. The van der Waals surface area contributed by atoms with Crippen LogP contribution in [0, 0.1) is 18.8 Å². The molecule has 1 heterocycles. The molecule has 0 spiro atoms. The Balaban J connectivity index is 0.000000183. The second kappa shape index (κ2) is 29.8. The number of Topliss-reactive ketones (excluding diaryl/α,β-unsaturated/α-hetero) is 4. The fourth-order valence-electron chi connectivity index (χ4n) is 8.36. The van der Waals surface area contributed by atoms with Crippen LogP contribution in [0.5, 0.6) is 0 Å². The molecule has 406 valence electrons. The topological polar surface area (TPSA) is 125 Å². The van der Waals surface area contributed by atoms with E-state index in [0.717, 1.165) is 43.9 Å². The molecule has 2 atom stereocenters. The van der Waals surface area contributed by atoms with Gasteiger partial charge in [-0.2, -0.15) is 4.99 Å². The molecule has 9 rings (SSSR count). The van der Waals surface area contributed by atoms with Gasteiger partial charge in [0.15, 0.2) is 23.1 Å². The highest BCUT2D eigenvalue weighted by molar-refractivity contribution is 9.10. The highest BCUT2D eigenvalue weighted by atomic mass is 79.9. The summed E-state index contributed by atoms with van der Waals surface area (Å²) in [4.78, 5) is 74.8. The Kier molecular flexibility index (Phi) is 23.1.